The Morgan fingerprint density at radius 1 is 1.08 bits per heavy atom. The molecular formula is C9H10N2O. The number of fused-ring (bicyclic) bond motifs is 1. The number of rotatable bonds is 0. The van der Waals surface area contributed by atoms with Crippen LogP contribution in [0, 0.1) is 0 Å². The van der Waals surface area contributed by atoms with Crippen LogP contribution in [0.4, 0.5) is 0 Å². The molecular weight excluding hydrogens is 152 g/mol. The van der Waals surface area contributed by atoms with Crippen molar-refractivity contribution in [3.8, 4) is 5.75 Å². The van der Waals surface area contributed by atoms with Gasteiger partial charge in [-0.2, -0.15) is 0 Å². The fourth-order valence-corrected chi connectivity index (χ4v) is 1.24. The number of hydrogen-bond donors (Lipinski definition) is 1. The van der Waals surface area contributed by atoms with Crippen LogP contribution < -0.4 is 10.7 Å². The monoisotopic (exact) mass is 162 g/mol. The van der Waals surface area contributed by atoms with Gasteiger partial charge in [-0.3, -0.25) is 9.98 Å². The van der Waals surface area contributed by atoms with Gasteiger partial charge in [-0.05, 0) is 18.6 Å². The van der Waals surface area contributed by atoms with E-state index in [1.54, 1.807) is 18.2 Å². The van der Waals surface area contributed by atoms with E-state index < -0.39 is 0 Å². The average Bonchev–Trinajstić information content (AvgIpc) is 2.28. The molecule has 1 heterocycles. The maximum Gasteiger partial charge on any atom is 0.117 e. The predicted octanol–water partition coefficient (Wildman–Crippen LogP) is 0.0351. The lowest BCUT2D eigenvalue weighted by Gasteiger charge is -1.89. The van der Waals surface area contributed by atoms with Crippen LogP contribution in [0.15, 0.2) is 28.2 Å². The zero-order valence-electron chi connectivity index (χ0n) is 6.70. The molecule has 2 rings (SSSR count). The number of nitrogens with zero attached hydrogens (tertiary/aromatic N) is 2. The van der Waals surface area contributed by atoms with Crippen LogP contribution >= 0.6 is 0 Å². The first-order valence-corrected chi connectivity index (χ1v) is 4.04. The molecule has 0 atom stereocenters. The first kappa shape index (κ1) is 7.28. The molecule has 0 aromatic heterocycles. The molecule has 3 heteroatoms. The second kappa shape index (κ2) is 2.93. The molecule has 0 saturated carbocycles. The summed E-state index contributed by atoms with van der Waals surface area (Å²) in [6.07, 6.45) is 0.995. The Kier molecular flexibility index (Phi) is 1.78. The second-order valence-corrected chi connectivity index (χ2v) is 2.79. The summed E-state index contributed by atoms with van der Waals surface area (Å²) in [6, 6.07) is 5.10. The van der Waals surface area contributed by atoms with E-state index in [0.29, 0.717) is 0 Å². The Morgan fingerprint density at radius 2 is 1.83 bits per heavy atom. The van der Waals surface area contributed by atoms with Crippen molar-refractivity contribution in [1.29, 1.82) is 0 Å². The SMILES string of the molecule is Oc1ccc2c(c1)=NCCCN=2. The summed E-state index contributed by atoms with van der Waals surface area (Å²) < 4.78 is 0. The van der Waals surface area contributed by atoms with Crippen molar-refractivity contribution in [2.24, 2.45) is 9.98 Å². The summed E-state index contributed by atoms with van der Waals surface area (Å²) in [7, 11) is 0. The van der Waals surface area contributed by atoms with E-state index in [-0.39, 0.29) is 5.75 Å². The zero-order chi connectivity index (χ0) is 8.39. The molecule has 62 valence electrons. The van der Waals surface area contributed by atoms with E-state index in [1.165, 1.54) is 0 Å². The average molecular weight is 162 g/mol. The van der Waals surface area contributed by atoms with Crippen molar-refractivity contribution < 1.29 is 5.11 Å². The van der Waals surface area contributed by atoms with Gasteiger partial charge in [-0.25, -0.2) is 0 Å². The first-order chi connectivity index (χ1) is 5.86. The minimum Gasteiger partial charge on any atom is -0.508 e. The van der Waals surface area contributed by atoms with Gasteiger partial charge < -0.3 is 5.11 Å². The van der Waals surface area contributed by atoms with Gasteiger partial charge in [-0.15, -0.1) is 0 Å². The third-order valence-electron chi connectivity index (χ3n) is 1.84. The highest BCUT2D eigenvalue weighted by molar-refractivity contribution is 5.18. The Hall–Kier alpha value is -1.38. The van der Waals surface area contributed by atoms with Crippen LogP contribution in [0.5, 0.6) is 5.75 Å². The number of aromatic hydroxyl groups is 1. The molecule has 0 bridgehead atoms. The molecule has 0 radical (unpaired) electrons. The molecule has 1 aromatic rings. The lowest BCUT2D eigenvalue weighted by atomic mass is 10.3. The summed E-state index contributed by atoms with van der Waals surface area (Å²) in [6.45, 7) is 1.64. The van der Waals surface area contributed by atoms with E-state index in [9.17, 15) is 5.11 Å². The third-order valence-corrected chi connectivity index (χ3v) is 1.84. The summed E-state index contributed by atoms with van der Waals surface area (Å²) in [5.74, 6) is 0.259. The molecule has 1 aliphatic rings. The highest BCUT2D eigenvalue weighted by Crippen LogP contribution is 1.98. The van der Waals surface area contributed by atoms with Gasteiger partial charge >= 0.3 is 0 Å². The fraction of sp³-hybridized carbons (Fsp3) is 0.333. The second-order valence-electron chi connectivity index (χ2n) is 2.79. The summed E-state index contributed by atoms with van der Waals surface area (Å²) in [5.41, 5.74) is 0. The van der Waals surface area contributed by atoms with Gasteiger partial charge in [0.05, 0.1) is 10.7 Å². The topological polar surface area (TPSA) is 45.0 Å². The molecule has 0 saturated heterocycles. The van der Waals surface area contributed by atoms with Crippen molar-refractivity contribution in [2.45, 2.75) is 6.42 Å². The molecule has 0 amide bonds. The van der Waals surface area contributed by atoms with Crippen molar-refractivity contribution in [1.82, 2.24) is 0 Å². The lowest BCUT2D eigenvalue weighted by Crippen LogP contribution is -2.23. The summed E-state index contributed by atoms with van der Waals surface area (Å²) in [4.78, 5) is 8.62. The molecule has 12 heavy (non-hydrogen) atoms. The Bertz CT molecular complexity index is 397. The smallest absolute Gasteiger partial charge is 0.117 e. The van der Waals surface area contributed by atoms with Crippen molar-refractivity contribution in [2.75, 3.05) is 13.1 Å². The molecule has 1 aliphatic heterocycles. The van der Waals surface area contributed by atoms with Gasteiger partial charge in [0.25, 0.3) is 0 Å². The number of benzene rings is 1. The minimum atomic E-state index is 0.259. The van der Waals surface area contributed by atoms with E-state index in [0.717, 1.165) is 30.2 Å². The number of phenolic OH excluding ortho intramolecular Hbond substituents is 1. The number of phenols is 1. The Labute approximate surface area is 70.1 Å². The summed E-state index contributed by atoms with van der Waals surface area (Å²) in [5, 5.41) is 10.9. The maximum absolute atomic E-state index is 9.18. The standard InChI is InChI=1S/C9H10N2O/c12-7-2-3-8-9(6-7)11-5-1-4-10-8/h2-3,6,12H,1,4-5H2. The molecule has 0 aliphatic carbocycles. The maximum atomic E-state index is 9.18. The van der Waals surface area contributed by atoms with E-state index in [2.05, 4.69) is 9.98 Å². The molecule has 1 aromatic carbocycles. The van der Waals surface area contributed by atoms with Crippen LogP contribution in [-0.2, 0) is 0 Å². The zero-order valence-corrected chi connectivity index (χ0v) is 6.70. The molecule has 0 unspecified atom stereocenters. The van der Waals surface area contributed by atoms with Crippen molar-refractivity contribution >= 4 is 0 Å². The van der Waals surface area contributed by atoms with E-state index in [1.807, 2.05) is 0 Å². The number of hydrogen-bond acceptors (Lipinski definition) is 3. The third kappa shape index (κ3) is 1.30. The van der Waals surface area contributed by atoms with Crippen LogP contribution in [0.1, 0.15) is 6.42 Å². The highest BCUT2D eigenvalue weighted by atomic mass is 16.3. The van der Waals surface area contributed by atoms with Gasteiger partial charge in [0.1, 0.15) is 5.75 Å². The van der Waals surface area contributed by atoms with Crippen LogP contribution in [0.25, 0.3) is 0 Å². The van der Waals surface area contributed by atoms with E-state index in [4.69, 9.17) is 0 Å². The van der Waals surface area contributed by atoms with Crippen LogP contribution in [0.3, 0.4) is 0 Å². The Morgan fingerprint density at radius 3 is 2.67 bits per heavy atom. The van der Waals surface area contributed by atoms with Crippen molar-refractivity contribution in [3.63, 3.8) is 0 Å². The van der Waals surface area contributed by atoms with Crippen LogP contribution in [-0.4, -0.2) is 18.2 Å². The first-order valence-electron chi connectivity index (χ1n) is 4.04. The van der Waals surface area contributed by atoms with Gasteiger partial charge in [0.2, 0.25) is 0 Å². The molecule has 0 spiro atoms. The normalized spacial score (nSPS) is 15.3. The quantitative estimate of drug-likeness (QED) is 0.575. The van der Waals surface area contributed by atoms with Crippen LogP contribution in [0.2, 0.25) is 0 Å². The largest absolute Gasteiger partial charge is 0.508 e. The van der Waals surface area contributed by atoms with Gasteiger partial charge in [-0.1, -0.05) is 0 Å². The van der Waals surface area contributed by atoms with Gasteiger partial charge in [0, 0.05) is 19.2 Å². The molecule has 3 nitrogen and oxygen atoms in total. The molecule has 1 N–H and O–H groups in total. The van der Waals surface area contributed by atoms with Crippen molar-refractivity contribution in [3.05, 3.63) is 28.9 Å². The fourth-order valence-electron chi connectivity index (χ4n) is 1.24. The Balaban J connectivity index is 2.72. The summed E-state index contributed by atoms with van der Waals surface area (Å²) >= 11 is 0. The minimum absolute atomic E-state index is 0.259. The predicted molar refractivity (Wildman–Crippen MR) is 44.8 cm³/mol. The van der Waals surface area contributed by atoms with Gasteiger partial charge in [0.15, 0.2) is 0 Å². The lowest BCUT2D eigenvalue weighted by molar-refractivity contribution is 0.474. The van der Waals surface area contributed by atoms with E-state index >= 15 is 0 Å². The highest BCUT2D eigenvalue weighted by Gasteiger charge is 1.95. The molecule has 0 fully saturated rings.